The first-order valence-corrected chi connectivity index (χ1v) is 10.6. The SMILES string of the molecule is CCCOc1ccc(F)c2c(=O)c(-c3ccc(OC)cc3)cn(COP(=O)(O)O)c12.[H-].[H-].[Mg+2]. The Morgan fingerprint density at radius 2 is 1.84 bits per heavy atom. The van der Waals surface area contributed by atoms with Crippen molar-refractivity contribution in [3.05, 3.63) is 58.6 Å². The van der Waals surface area contributed by atoms with E-state index in [0.29, 0.717) is 24.3 Å². The number of ether oxygens (including phenoxy) is 2. The van der Waals surface area contributed by atoms with Crippen molar-refractivity contribution in [1.29, 1.82) is 0 Å². The summed E-state index contributed by atoms with van der Waals surface area (Å²) in [6.45, 7) is 1.59. The first-order valence-electron chi connectivity index (χ1n) is 9.08. The Morgan fingerprint density at radius 3 is 2.42 bits per heavy atom. The Morgan fingerprint density at radius 1 is 1.16 bits per heavy atom. The molecule has 0 aliphatic heterocycles. The Hall–Kier alpha value is -1.94. The van der Waals surface area contributed by atoms with Crippen LogP contribution in [0, 0.1) is 5.82 Å². The molecule has 0 bridgehead atoms. The molecule has 1 heterocycles. The van der Waals surface area contributed by atoms with Crippen molar-refractivity contribution in [1.82, 2.24) is 4.57 Å². The van der Waals surface area contributed by atoms with Gasteiger partial charge in [-0.05, 0) is 36.2 Å². The molecule has 0 spiro atoms. The topological polar surface area (TPSA) is 107 Å². The Balaban J connectivity index is 0.00000341. The fourth-order valence-corrected chi connectivity index (χ4v) is 3.28. The van der Waals surface area contributed by atoms with E-state index in [1.165, 1.54) is 23.9 Å². The monoisotopic (exact) mass is 463 g/mol. The van der Waals surface area contributed by atoms with Crippen molar-refractivity contribution in [3.63, 3.8) is 0 Å². The smallest absolute Gasteiger partial charge is 1.00 e. The van der Waals surface area contributed by atoms with Gasteiger partial charge in [-0.2, -0.15) is 0 Å². The molecule has 0 saturated carbocycles. The van der Waals surface area contributed by atoms with E-state index in [0.717, 1.165) is 6.07 Å². The van der Waals surface area contributed by atoms with Gasteiger partial charge in [-0.25, -0.2) is 8.96 Å². The molecule has 0 aliphatic carbocycles. The molecule has 0 amide bonds. The zero-order chi connectivity index (χ0) is 21.9. The molecule has 0 radical (unpaired) electrons. The first-order chi connectivity index (χ1) is 14.2. The van der Waals surface area contributed by atoms with Gasteiger partial charge in [0, 0.05) is 11.8 Å². The quantitative estimate of drug-likeness (QED) is 0.389. The summed E-state index contributed by atoms with van der Waals surface area (Å²) < 4.78 is 42.6. The Labute approximate surface area is 196 Å². The number of nitrogens with zero attached hydrogens (tertiary/aromatic N) is 1. The molecule has 2 N–H and O–H groups in total. The third-order valence-electron chi connectivity index (χ3n) is 4.36. The predicted molar refractivity (Wildman–Crippen MR) is 117 cm³/mol. The van der Waals surface area contributed by atoms with Crippen LogP contribution in [-0.2, 0) is 15.8 Å². The van der Waals surface area contributed by atoms with Crippen molar-refractivity contribution in [2.75, 3.05) is 13.7 Å². The molecule has 31 heavy (non-hydrogen) atoms. The number of rotatable bonds is 8. The third-order valence-corrected chi connectivity index (χ3v) is 4.81. The number of aromatic nitrogens is 1. The van der Waals surface area contributed by atoms with Gasteiger partial charge in [0.05, 0.1) is 24.6 Å². The number of hydrogen-bond acceptors (Lipinski definition) is 5. The second kappa shape index (κ2) is 10.6. The molecule has 0 fully saturated rings. The van der Waals surface area contributed by atoms with Gasteiger partial charge in [0.15, 0.2) is 5.43 Å². The van der Waals surface area contributed by atoms with Gasteiger partial charge in [0.2, 0.25) is 0 Å². The molecule has 0 unspecified atom stereocenters. The molecular formula is C20H23FMgNO7P. The molecule has 3 rings (SSSR count). The number of phosphoric acid groups is 1. The van der Waals surface area contributed by atoms with Gasteiger partial charge in [0.25, 0.3) is 0 Å². The van der Waals surface area contributed by atoms with E-state index in [2.05, 4.69) is 4.52 Å². The van der Waals surface area contributed by atoms with Crippen LogP contribution < -0.4 is 14.9 Å². The fourth-order valence-electron chi connectivity index (χ4n) is 3.01. The summed E-state index contributed by atoms with van der Waals surface area (Å²) >= 11 is 0. The molecule has 11 heteroatoms. The number of benzene rings is 2. The van der Waals surface area contributed by atoms with Crippen LogP contribution in [0.2, 0.25) is 0 Å². The van der Waals surface area contributed by atoms with Gasteiger partial charge in [0.1, 0.15) is 24.0 Å². The maximum absolute atomic E-state index is 14.7. The molecule has 0 aliphatic rings. The number of halogens is 1. The van der Waals surface area contributed by atoms with E-state index >= 15 is 0 Å². The van der Waals surface area contributed by atoms with E-state index in [1.54, 1.807) is 24.3 Å². The van der Waals surface area contributed by atoms with E-state index in [-0.39, 0.29) is 48.1 Å². The fraction of sp³-hybridized carbons (Fsp3) is 0.250. The summed E-state index contributed by atoms with van der Waals surface area (Å²) in [7, 11) is -3.31. The minimum atomic E-state index is -4.82. The van der Waals surface area contributed by atoms with Crippen molar-refractivity contribution in [3.8, 4) is 22.6 Å². The minimum absolute atomic E-state index is 0. The van der Waals surface area contributed by atoms with Gasteiger partial charge < -0.3 is 26.7 Å². The van der Waals surface area contributed by atoms with Gasteiger partial charge in [-0.1, -0.05) is 19.1 Å². The number of methoxy groups -OCH3 is 1. The molecule has 164 valence electrons. The number of pyridine rings is 1. The summed E-state index contributed by atoms with van der Waals surface area (Å²) in [6.07, 6.45) is 2.03. The van der Waals surface area contributed by atoms with Crippen LogP contribution in [-0.4, -0.2) is 51.1 Å². The molecule has 8 nitrogen and oxygen atoms in total. The van der Waals surface area contributed by atoms with Crippen LogP contribution in [0.25, 0.3) is 22.0 Å². The summed E-state index contributed by atoms with van der Waals surface area (Å²) in [4.78, 5) is 31.4. The van der Waals surface area contributed by atoms with E-state index in [1.807, 2.05) is 6.92 Å². The van der Waals surface area contributed by atoms with Gasteiger partial charge >= 0.3 is 30.9 Å². The standard InChI is InChI=1S/C20H21FNO7P.Mg.2H/c1-3-10-28-17-9-8-16(21)18-19(17)22(12-29-30(24,25)26)11-15(20(18)23)13-4-6-14(27-2)7-5-13;;;/h4-9,11H,3,10,12H2,1-2H3,(H2,24,25,26);;;/q;+2;2*-1. The van der Waals surface area contributed by atoms with Gasteiger partial charge in [-0.3, -0.25) is 9.32 Å². The number of phosphoric ester groups is 1. The number of hydrogen-bond donors (Lipinski definition) is 2. The zero-order valence-corrected chi connectivity index (χ0v) is 19.4. The molecule has 3 aromatic rings. The molecule has 0 saturated heterocycles. The molecule has 1 aromatic heterocycles. The van der Waals surface area contributed by atoms with Gasteiger partial charge in [-0.15, -0.1) is 0 Å². The van der Waals surface area contributed by atoms with E-state index in [9.17, 15) is 13.8 Å². The molecular weight excluding hydrogens is 440 g/mol. The second-order valence-electron chi connectivity index (χ2n) is 6.44. The van der Waals surface area contributed by atoms with E-state index < -0.39 is 25.8 Å². The van der Waals surface area contributed by atoms with Crippen molar-refractivity contribution in [2.45, 2.75) is 20.1 Å². The van der Waals surface area contributed by atoms with Crippen molar-refractivity contribution < 1.29 is 35.6 Å². The summed E-state index contributed by atoms with van der Waals surface area (Å²) in [5.74, 6) is 0.00575. The van der Waals surface area contributed by atoms with Crippen LogP contribution in [0.3, 0.4) is 0 Å². The summed E-state index contributed by atoms with van der Waals surface area (Å²) in [5, 5.41) is -0.258. The molecule has 2 aromatic carbocycles. The van der Waals surface area contributed by atoms with Crippen LogP contribution in [0.15, 0.2) is 47.4 Å². The average Bonchev–Trinajstić information content (AvgIpc) is 2.72. The minimum Gasteiger partial charge on any atom is -1.00 e. The van der Waals surface area contributed by atoms with Crippen LogP contribution >= 0.6 is 7.82 Å². The van der Waals surface area contributed by atoms with Crippen LogP contribution in [0.1, 0.15) is 16.2 Å². The maximum atomic E-state index is 14.7. The third kappa shape index (κ3) is 5.85. The van der Waals surface area contributed by atoms with Crippen molar-refractivity contribution >= 4 is 41.8 Å². The maximum Gasteiger partial charge on any atom is 2.00 e. The average molecular weight is 464 g/mol. The zero-order valence-electron chi connectivity index (χ0n) is 19.1. The number of fused-ring (bicyclic) bond motifs is 1. The Kier molecular flexibility index (Phi) is 8.64. The largest absolute Gasteiger partial charge is 2.00 e. The normalized spacial score (nSPS) is 11.3. The predicted octanol–water partition coefficient (Wildman–Crippen LogP) is 3.52. The Bertz CT molecular complexity index is 1170. The second-order valence-corrected chi connectivity index (χ2v) is 7.68. The first kappa shape index (κ1) is 25.3. The van der Waals surface area contributed by atoms with Crippen LogP contribution in [0.5, 0.6) is 11.5 Å². The van der Waals surface area contributed by atoms with Crippen LogP contribution in [0.4, 0.5) is 4.39 Å². The van der Waals surface area contributed by atoms with E-state index in [4.69, 9.17) is 19.3 Å². The molecule has 0 atom stereocenters. The summed E-state index contributed by atoms with van der Waals surface area (Å²) in [6, 6.07) is 9.05. The van der Waals surface area contributed by atoms with Crippen molar-refractivity contribution in [2.24, 2.45) is 0 Å². The summed E-state index contributed by atoms with van der Waals surface area (Å²) in [5.41, 5.74) is 0.0825.